The third-order valence-electron chi connectivity index (χ3n) is 1.79. The van der Waals surface area contributed by atoms with Gasteiger partial charge in [0.15, 0.2) is 0 Å². The third kappa shape index (κ3) is 3.57. The van der Waals surface area contributed by atoms with Crippen molar-refractivity contribution in [2.24, 2.45) is 0 Å². The largest absolute Gasteiger partial charge is 0.481 e. The quantitative estimate of drug-likeness (QED) is 0.904. The van der Waals surface area contributed by atoms with E-state index in [9.17, 15) is 13.6 Å². The minimum Gasteiger partial charge on any atom is -0.481 e. The Kier molecular flexibility index (Phi) is 4.24. The minimum atomic E-state index is -3.10. The van der Waals surface area contributed by atoms with Gasteiger partial charge in [-0.1, -0.05) is 11.6 Å². The van der Waals surface area contributed by atoms with Gasteiger partial charge in [0, 0.05) is 0 Å². The summed E-state index contributed by atoms with van der Waals surface area (Å²) in [5.74, 6) is -1.56. The molecule has 0 unspecified atom stereocenters. The highest BCUT2D eigenvalue weighted by molar-refractivity contribution is 6.33. The van der Waals surface area contributed by atoms with E-state index in [2.05, 4.69) is 4.74 Å². The Balaban J connectivity index is 3.19. The van der Waals surface area contributed by atoms with Gasteiger partial charge in [-0.3, -0.25) is 4.79 Å². The molecule has 0 aliphatic rings. The molecule has 1 rings (SSSR count). The maximum Gasteiger partial charge on any atom is 0.387 e. The van der Waals surface area contributed by atoms with Gasteiger partial charge in [-0.25, -0.2) is 0 Å². The number of rotatable bonds is 4. The topological polar surface area (TPSA) is 70.3 Å². The molecule has 0 heterocycles. The van der Waals surface area contributed by atoms with Gasteiger partial charge in [0.2, 0.25) is 0 Å². The molecular formula is C10H6ClF2NO3. The van der Waals surface area contributed by atoms with Gasteiger partial charge < -0.3 is 9.84 Å². The summed E-state index contributed by atoms with van der Waals surface area (Å²) < 4.78 is 28.2. The summed E-state index contributed by atoms with van der Waals surface area (Å²) in [4.78, 5) is 10.5. The maximum absolute atomic E-state index is 12.1. The van der Waals surface area contributed by atoms with Gasteiger partial charge in [0.05, 0.1) is 12.0 Å². The predicted molar refractivity (Wildman–Crippen MR) is 54.1 cm³/mol. The van der Waals surface area contributed by atoms with Crippen molar-refractivity contribution >= 4 is 17.6 Å². The predicted octanol–water partition coefficient (Wildman–Crippen LogP) is 2.44. The number of nitriles is 1. The van der Waals surface area contributed by atoms with Gasteiger partial charge in [0.1, 0.15) is 16.8 Å². The van der Waals surface area contributed by atoms with Crippen molar-refractivity contribution < 1.29 is 23.4 Å². The molecule has 0 spiro atoms. The van der Waals surface area contributed by atoms with E-state index in [1.165, 1.54) is 6.07 Å². The first-order valence-corrected chi connectivity index (χ1v) is 4.71. The number of benzene rings is 1. The van der Waals surface area contributed by atoms with E-state index >= 15 is 0 Å². The van der Waals surface area contributed by atoms with Crippen LogP contribution in [-0.4, -0.2) is 17.7 Å². The van der Waals surface area contributed by atoms with E-state index in [-0.39, 0.29) is 16.1 Å². The smallest absolute Gasteiger partial charge is 0.387 e. The van der Waals surface area contributed by atoms with Crippen molar-refractivity contribution in [3.8, 4) is 11.8 Å². The summed E-state index contributed by atoms with van der Waals surface area (Å²) in [5, 5.41) is 17.0. The summed E-state index contributed by atoms with van der Waals surface area (Å²) in [6, 6.07) is 3.96. The zero-order valence-electron chi connectivity index (χ0n) is 8.28. The first kappa shape index (κ1) is 13.2. The van der Waals surface area contributed by atoms with Crippen LogP contribution in [0.1, 0.15) is 11.1 Å². The van der Waals surface area contributed by atoms with E-state index in [1.807, 2.05) is 0 Å². The van der Waals surface area contributed by atoms with Crippen molar-refractivity contribution in [1.29, 1.82) is 5.26 Å². The molecule has 90 valence electrons. The van der Waals surface area contributed by atoms with Crippen LogP contribution in [0.4, 0.5) is 8.78 Å². The molecule has 1 N–H and O–H groups in total. The van der Waals surface area contributed by atoms with Crippen LogP contribution in [0.3, 0.4) is 0 Å². The van der Waals surface area contributed by atoms with Crippen molar-refractivity contribution in [1.82, 2.24) is 0 Å². The Hall–Kier alpha value is -1.87. The van der Waals surface area contributed by atoms with Crippen LogP contribution in [-0.2, 0) is 11.2 Å². The number of carboxylic acids is 1. The molecule has 0 aliphatic heterocycles. The second kappa shape index (κ2) is 5.46. The first-order valence-electron chi connectivity index (χ1n) is 4.33. The number of ether oxygens (including phenoxy) is 1. The van der Waals surface area contributed by atoms with E-state index in [0.29, 0.717) is 0 Å². The van der Waals surface area contributed by atoms with Crippen LogP contribution in [0, 0.1) is 11.3 Å². The van der Waals surface area contributed by atoms with Crippen LogP contribution >= 0.6 is 11.6 Å². The number of alkyl halides is 2. The van der Waals surface area contributed by atoms with Crippen LogP contribution in [0.5, 0.6) is 5.75 Å². The maximum atomic E-state index is 12.1. The monoisotopic (exact) mass is 261 g/mol. The average Bonchev–Trinajstić information content (AvgIpc) is 2.21. The zero-order valence-corrected chi connectivity index (χ0v) is 9.04. The highest BCUT2D eigenvalue weighted by Gasteiger charge is 2.15. The van der Waals surface area contributed by atoms with Crippen molar-refractivity contribution in [2.45, 2.75) is 13.0 Å². The normalized spacial score (nSPS) is 10.1. The summed E-state index contributed by atoms with van der Waals surface area (Å²) in [7, 11) is 0. The second-order valence-electron chi connectivity index (χ2n) is 3.02. The standard InChI is InChI=1S/C10H6ClF2NO3/c11-9-6(4-14)1-5(3-8(15)16)2-7(9)17-10(12)13/h1-2,10H,3H2,(H,15,16). The molecule has 0 amide bonds. The molecule has 4 nitrogen and oxygen atoms in total. The van der Waals surface area contributed by atoms with Crippen LogP contribution < -0.4 is 4.74 Å². The van der Waals surface area contributed by atoms with Crippen LogP contribution in [0.15, 0.2) is 12.1 Å². The SMILES string of the molecule is N#Cc1cc(CC(=O)O)cc(OC(F)F)c1Cl. The molecule has 7 heteroatoms. The lowest BCUT2D eigenvalue weighted by molar-refractivity contribution is -0.136. The molecule has 17 heavy (non-hydrogen) atoms. The first-order chi connectivity index (χ1) is 7.93. The molecular weight excluding hydrogens is 256 g/mol. The number of aliphatic carboxylic acids is 1. The zero-order chi connectivity index (χ0) is 13.0. The van der Waals surface area contributed by atoms with E-state index < -0.39 is 24.8 Å². The number of hydrogen-bond acceptors (Lipinski definition) is 3. The molecule has 0 radical (unpaired) electrons. The minimum absolute atomic E-state index is 0.110. The summed E-state index contributed by atoms with van der Waals surface area (Å²) >= 11 is 5.63. The summed E-state index contributed by atoms with van der Waals surface area (Å²) in [6.07, 6.45) is -0.411. The molecule has 1 aromatic rings. The number of hydrogen-bond donors (Lipinski definition) is 1. The van der Waals surface area contributed by atoms with E-state index in [1.54, 1.807) is 6.07 Å². The lowest BCUT2D eigenvalue weighted by Gasteiger charge is -2.09. The average molecular weight is 262 g/mol. The fraction of sp³-hybridized carbons (Fsp3) is 0.200. The molecule has 0 atom stereocenters. The molecule has 0 saturated carbocycles. The third-order valence-corrected chi connectivity index (χ3v) is 2.18. The Bertz CT molecular complexity index is 485. The van der Waals surface area contributed by atoms with Crippen molar-refractivity contribution in [2.75, 3.05) is 0 Å². The highest BCUT2D eigenvalue weighted by Crippen LogP contribution is 2.31. The van der Waals surface area contributed by atoms with Crippen molar-refractivity contribution in [3.63, 3.8) is 0 Å². The van der Waals surface area contributed by atoms with Crippen LogP contribution in [0.2, 0.25) is 5.02 Å². The molecule has 0 saturated heterocycles. The second-order valence-corrected chi connectivity index (χ2v) is 3.39. The lowest BCUT2D eigenvalue weighted by Crippen LogP contribution is -2.05. The van der Waals surface area contributed by atoms with Crippen LogP contribution in [0.25, 0.3) is 0 Å². The van der Waals surface area contributed by atoms with Gasteiger partial charge in [-0.05, 0) is 17.7 Å². The van der Waals surface area contributed by atoms with Crippen molar-refractivity contribution in [3.05, 3.63) is 28.3 Å². The number of carboxylic acid groups (broad SMARTS) is 1. The molecule has 0 bridgehead atoms. The number of carbonyl (C=O) groups is 1. The Morgan fingerprint density at radius 1 is 1.59 bits per heavy atom. The highest BCUT2D eigenvalue weighted by atomic mass is 35.5. The summed E-state index contributed by atoms with van der Waals surface area (Å²) in [5.41, 5.74) is 0.0511. The van der Waals surface area contributed by atoms with E-state index in [4.69, 9.17) is 22.0 Å². The fourth-order valence-corrected chi connectivity index (χ4v) is 1.39. The van der Waals surface area contributed by atoms with Gasteiger partial charge in [-0.2, -0.15) is 14.0 Å². The van der Waals surface area contributed by atoms with Gasteiger partial charge >= 0.3 is 12.6 Å². The van der Waals surface area contributed by atoms with Gasteiger partial charge in [0.25, 0.3) is 0 Å². The Morgan fingerprint density at radius 2 is 2.24 bits per heavy atom. The lowest BCUT2D eigenvalue weighted by atomic mass is 10.1. The Labute approximate surface area is 100.0 Å². The molecule has 0 aliphatic carbocycles. The number of nitrogens with zero attached hydrogens (tertiary/aromatic N) is 1. The molecule has 1 aromatic carbocycles. The fourth-order valence-electron chi connectivity index (χ4n) is 1.19. The Morgan fingerprint density at radius 3 is 2.71 bits per heavy atom. The van der Waals surface area contributed by atoms with Gasteiger partial charge in [-0.15, -0.1) is 0 Å². The molecule has 0 aromatic heterocycles. The van der Waals surface area contributed by atoms with E-state index in [0.717, 1.165) is 6.07 Å². The molecule has 0 fully saturated rings. The number of halogens is 3. The summed E-state index contributed by atoms with van der Waals surface area (Å²) in [6.45, 7) is -3.10.